The zero-order chi connectivity index (χ0) is 23.0. The van der Waals surface area contributed by atoms with Crippen molar-refractivity contribution in [1.29, 1.82) is 0 Å². The van der Waals surface area contributed by atoms with Crippen LogP contribution < -0.4 is 10.7 Å². The maximum atomic E-state index is 12.7. The first-order valence-corrected chi connectivity index (χ1v) is 11.9. The van der Waals surface area contributed by atoms with Crippen molar-refractivity contribution in [3.63, 3.8) is 0 Å². The maximum Gasteiger partial charge on any atom is 0.257 e. The van der Waals surface area contributed by atoms with Gasteiger partial charge in [-0.3, -0.25) is 15.5 Å². The quantitative estimate of drug-likeness (QED) is 0.289. The van der Waals surface area contributed by atoms with E-state index in [0.29, 0.717) is 17.1 Å². The third-order valence-electron chi connectivity index (χ3n) is 4.92. The molecule has 0 aliphatic rings. The Morgan fingerprint density at radius 1 is 0.909 bits per heavy atom. The molecule has 3 aromatic carbocycles. The van der Waals surface area contributed by atoms with Crippen molar-refractivity contribution < 1.29 is 4.79 Å². The van der Waals surface area contributed by atoms with E-state index in [9.17, 15) is 4.79 Å². The minimum absolute atomic E-state index is 0.184. The maximum absolute atomic E-state index is 12.7. The number of amides is 1. The molecular weight excluding hydrogens is 450 g/mol. The average molecular weight is 474 g/mol. The predicted octanol–water partition coefficient (Wildman–Crippen LogP) is 5.06. The van der Waals surface area contributed by atoms with Crippen molar-refractivity contribution in [2.75, 3.05) is 5.43 Å². The molecule has 1 amide bonds. The molecular formula is C25H23N5OS2. The summed E-state index contributed by atoms with van der Waals surface area (Å²) in [6.07, 6.45) is 0.670. The highest BCUT2D eigenvalue weighted by molar-refractivity contribution is 7.98. The van der Waals surface area contributed by atoms with Crippen LogP contribution in [0.4, 0.5) is 0 Å². The molecule has 8 heteroatoms. The molecule has 4 rings (SSSR count). The first-order chi connectivity index (χ1) is 16.1. The van der Waals surface area contributed by atoms with Crippen LogP contribution in [-0.4, -0.2) is 25.9 Å². The summed E-state index contributed by atoms with van der Waals surface area (Å²) in [6, 6.07) is 27.6. The van der Waals surface area contributed by atoms with Crippen LogP contribution >= 0.6 is 24.0 Å². The second-order valence-corrected chi connectivity index (χ2v) is 8.55. The van der Waals surface area contributed by atoms with Crippen LogP contribution in [0, 0.1) is 0 Å². The fourth-order valence-electron chi connectivity index (χ4n) is 3.21. The Labute approximate surface area is 202 Å². The normalized spacial score (nSPS) is 10.6. The van der Waals surface area contributed by atoms with Gasteiger partial charge in [0.15, 0.2) is 10.9 Å². The number of nitrogens with one attached hydrogen (secondary N) is 2. The number of aromatic nitrogens is 3. The Balaban J connectivity index is 1.40. The van der Waals surface area contributed by atoms with Gasteiger partial charge < -0.3 is 0 Å². The van der Waals surface area contributed by atoms with Crippen LogP contribution in [-0.2, 0) is 12.2 Å². The summed E-state index contributed by atoms with van der Waals surface area (Å²) in [6.45, 7) is 1.99. The summed E-state index contributed by atoms with van der Waals surface area (Å²) in [5.74, 6) is 1.20. The fraction of sp³-hybridized carbons (Fsp3) is 0.120. The summed E-state index contributed by atoms with van der Waals surface area (Å²) in [5, 5.41) is 12.1. The summed E-state index contributed by atoms with van der Waals surface area (Å²) < 4.78 is 1.73. The second kappa shape index (κ2) is 10.9. The largest absolute Gasteiger partial charge is 0.298 e. The van der Waals surface area contributed by atoms with Crippen molar-refractivity contribution in [2.45, 2.75) is 24.3 Å². The average Bonchev–Trinajstić information content (AvgIpc) is 3.25. The van der Waals surface area contributed by atoms with E-state index >= 15 is 0 Å². The van der Waals surface area contributed by atoms with Crippen molar-refractivity contribution in [1.82, 2.24) is 20.2 Å². The molecule has 0 aliphatic heterocycles. The van der Waals surface area contributed by atoms with E-state index in [1.165, 1.54) is 5.56 Å². The third-order valence-corrected chi connectivity index (χ3v) is 6.12. The standard InChI is InChI=1S/C25H23N5OS2/c1-2-22-27-28-25(33-17-18-9-5-3-6-10-18)30(22)29-24(32)26-23(31)21-15-13-20(14-16-21)19-11-7-4-8-12-19/h3-16H,2,17H2,1H3,(H2,26,29,31,32). The number of carbonyl (C=O) groups excluding carboxylic acids is 1. The third kappa shape index (κ3) is 5.85. The predicted molar refractivity (Wildman–Crippen MR) is 137 cm³/mol. The molecule has 1 aromatic heterocycles. The van der Waals surface area contributed by atoms with Crippen LogP contribution in [0.5, 0.6) is 0 Å². The molecule has 4 aromatic rings. The molecule has 0 radical (unpaired) electrons. The number of hydrogen-bond acceptors (Lipinski definition) is 5. The fourth-order valence-corrected chi connectivity index (χ4v) is 4.26. The Kier molecular flexibility index (Phi) is 7.49. The minimum Gasteiger partial charge on any atom is -0.298 e. The summed E-state index contributed by atoms with van der Waals surface area (Å²) in [7, 11) is 0. The summed E-state index contributed by atoms with van der Waals surface area (Å²) in [5.41, 5.74) is 6.91. The highest BCUT2D eigenvalue weighted by Gasteiger charge is 2.15. The molecule has 1 heterocycles. The van der Waals surface area contributed by atoms with Crippen LogP contribution in [0.3, 0.4) is 0 Å². The molecule has 0 aliphatic carbocycles. The summed E-state index contributed by atoms with van der Waals surface area (Å²) >= 11 is 6.94. The number of thioether (sulfide) groups is 1. The molecule has 0 atom stereocenters. The molecule has 0 spiro atoms. The van der Waals surface area contributed by atoms with Crippen LogP contribution in [0.25, 0.3) is 11.1 Å². The van der Waals surface area contributed by atoms with Gasteiger partial charge in [0.2, 0.25) is 5.16 Å². The van der Waals surface area contributed by atoms with E-state index in [1.54, 1.807) is 28.6 Å². The first-order valence-electron chi connectivity index (χ1n) is 10.5. The van der Waals surface area contributed by atoms with Gasteiger partial charge in [0.1, 0.15) is 0 Å². The lowest BCUT2D eigenvalue weighted by Crippen LogP contribution is -2.38. The van der Waals surface area contributed by atoms with Crippen molar-refractivity contribution in [3.8, 4) is 11.1 Å². The van der Waals surface area contributed by atoms with E-state index < -0.39 is 0 Å². The lowest BCUT2D eigenvalue weighted by Gasteiger charge is -2.14. The first kappa shape index (κ1) is 22.7. The number of rotatable bonds is 7. The number of nitrogens with zero attached hydrogens (tertiary/aromatic N) is 3. The zero-order valence-electron chi connectivity index (χ0n) is 18.1. The molecule has 0 saturated heterocycles. The number of benzene rings is 3. The van der Waals surface area contributed by atoms with Crippen molar-refractivity contribution >= 4 is 35.0 Å². The van der Waals surface area contributed by atoms with Crippen LogP contribution in [0.2, 0.25) is 0 Å². The zero-order valence-corrected chi connectivity index (χ0v) is 19.7. The lowest BCUT2D eigenvalue weighted by atomic mass is 10.0. The van der Waals surface area contributed by atoms with Crippen molar-refractivity contribution in [2.24, 2.45) is 0 Å². The highest BCUT2D eigenvalue weighted by atomic mass is 32.2. The Hall–Kier alpha value is -3.49. The van der Waals surface area contributed by atoms with Gasteiger partial charge in [-0.25, -0.2) is 4.68 Å². The van der Waals surface area contributed by atoms with Gasteiger partial charge in [-0.05, 0) is 41.0 Å². The molecule has 0 fully saturated rings. The van der Waals surface area contributed by atoms with Gasteiger partial charge in [-0.15, -0.1) is 10.2 Å². The molecule has 0 unspecified atom stereocenters. The van der Waals surface area contributed by atoms with E-state index in [4.69, 9.17) is 12.2 Å². The monoisotopic (exact) mass is 473 g/mol. The smallest absolute Gasteiger partial charge is 0.257 e. The molecule has 0 bridgehead atoms. The molecule has 166 valence electrons. The molecule has 6 nitrogen and oxygen atoms in total. The minimum atomic E-state index is -0.281. The Morgan fingerprint density at radius 3 is 2.21 bits per heavy atom. The SMILES string of the molecule is CCc1nnc(SCc2ccccc2)n1NC(=S)NC(=O)c1ccc(-c2ccccc2)cc1. The number of aryl methyl sites for hydroxylation is 1. The number of thiocarbonyl (C=S) groups is 1. The lowest BCUT2D eigenvalue weighted by molar-refractivity contribution is 0.0977. The van der Waals surface area contributed by atoms with Gasteiger partial charge in [0.05, 0.1) is 0 Å². The van der Waals surface area contributed by atoms with E-state index in [1.807, 2.05) is 67.6 Å². The topological polar surface area (TPSA) is 71.8 Å². The van der Waals surface area contributed by atoms with Crippen molar-refractivity contribution in [3.05, 3.63) is 102 Å². The highest BCUT2D eigenvalue weighted by Crippen LogP contribution is 2.21. The van der Waals surface area contributed by atoms with E-state index in [-0.39, 0.29) is 11.0 Å². The van der Waals surface area contributed by atoms with Crippen LogP contribution in [0.15, 0.2) is 90.1 Å². The van der Waals surface area contributed by atoms with Gasteiger partial charge in [-0.1, -0.05) is 91.5 Å². The van der Waals surface area contributed by atoms with Gasteiger partial charge in [0, 0.05) is 17.7 Å². The second-order valence-electron chi connectivity index (χ2n) is 7.20. The Morgan fingerprint density at radius 2 is 1.55 bits per heavy atom. The Bertz CT molecular complexity index is 1220. The molecule has 2 N–H and O–H groups in total. The summed E-state index contributed by atoms with van der Waals surface area (Å²) in [4.78, 5) is 12.7. The van der Waals surface area contributed by atoms with Gasteiger partial charge >= 0.3 is 0 Å². The van der Waals surface area contributed by atoms with Crippen LogP contribution in [0.1, 0.15) is 28.7 Å². The number of hydrogen-bond donors (Lipinski definition) is 2. The van der Waals surface area contributed by atoms with Gasteiger partial charge in [-0.2, -0.15) is 0 Å². The van der Waals surface area contributed by atoms with Gasteiger partial charge in [0.25, 0.3) is 5.91 Å². The van der Waals surface area contributed by atoms with E-state index in [0.717, 1.165) is 22.7 Å². The molecule has 0 saturated carbocycles. The molecule has 33 heavy (non-hydrogen) atoms. The number of carbonyl (C=O) groups is 1. The van der Waals surface area contributed by atoms with E-state index in [2.05, 4.69) is 33.1 Å².